The van der Waals surface area contributed by atoms with Crippen molar-refractivity contribution in [2.75, 3.05) is 32.7 Å². The van der Waals surface area contributed by atoms with Gasteiger partial charge in [-0.15, -0.1) is 0 Å². The standard InChI is InChI=1S/C21H26N2O2/c24-20-8-4-7-19(17-20)9-10-21(25)23-15-13-22(14-16-23)12-11-18-5-2-1-3-6-18/h1-8,17,24H,9-16H2. The fraction of sp³-hybridized carbons (Fsp3) is 0.381. The van der Waals surface area contributed by atoms with Gasteiger partial charge in [-0.05, 0) is 36.1 Å². The molecule has 1 amide bonds. The number of carbonyl (C=O) groups is 1. The molecule has 1 heterocycles. The minimum atomic E-state index is 0.214. The molecule has 0 unspecified atom stereocenters. The molecule has 4 nitrogen and oxygen atoms in total. The van der Waals surface area contributed by atoms with Gasteiger partial charge in [0.25, 0.3) is 0 Å². The van der Waals surface area contributed by atoms with Gasteiger partial charge in [-0.1, -0.05) is 42.5 Å². The molecule has 0 spiro atoms. The van der Waals surface area contributed by atoms with E-state index in [-0.39, 0.29) is 11.7 Å². The highest BCUT2D eigenvalue weighted by molar-refractivity contribution is 5.76. The smallest absolute Gasteiger partial charge is 0.222 e. The second kappa shape index (κ2) is 8.67. The second-order valence-electron chi connectivity index (χ2n) is 6.63. The molecule has 0 bridgehead atoms. The number of piperazine rings is 1. The van der Waals surface area contributed by atoms with Crippen LogP contribution in [0, 0.1) is 0 Å². The molecule has 1 aliphatic rings. The van der Waals surface area contributed by atoms with Crippen LogP contribution in [0.15, 0.2) is 54.6 Å². The second-order valence-corrected chi connectivity index (χ2v) is 6.63. The van der Waals surface area contributed by atoms with Crippen LogP contribution >= 0.6 is 0 Å². The molecule has 3 rings (SSSR count). The Hall–Kier alpha value is -2.33. The predicted molar refractivity (Wildman–Crippen MR) is 99.6 cm³/mol. The number of benzene rings is 2. The number of aryl methyl sites for hydroxylation is 1. The van der Waals surface area contributed by atoms with Crippen molar-refractivity contribution in [2.24, 2.45) is 0 Å². The number of carbonyl (C=O) groups excluding carboxylic acids is 1. The number of phenols is 1. The number of rotatable bonds is 6. The van der Waals surface area contributed by atoms with Crippen molar-refractivity contribution < 1.29 is 9.90 Å². The van der Waals surface area contributed by atoms with Gasteiger partial charge in [0.15, 0.2) is 0 Å². The first-order valence-corrected chi connectivity index (χ1v) is 9.03. The summed E-state index contributed by atoms with van der Waals surface area (Å²) in [4.78, 5) is 16.8. The van der Waals surface area contributed by atoms with Gasteiger partial charge in [0.05, 0.1) is 0 Å². The maximum atomic E-state index is 12.4. The van der Waals surface area contributed by atoms with Crippen LogP contribution in [0.1, 0.15) is 17.5 Å². The zero-order chi connectivity index (χ0) is 17.5. The molecular formula is C21H26N2O2. The third-order valence-corrected chi connectivity index (χ3v) is 4.82. The van der Waals surface area contributed by atoms with Gasteiger partial charge in [0.1, 0.15) is 5.75 Å². The van der Waals surface area contributed by atoms with Crippen molar-refractivity contribution in [3.8, 4) is 5.75 Å². The largest absolute Gasteiger partial charge is 0.508 e. The van der Waals surface area contributed by atoms with Crippen molar-refractivity contribution in [3.63, 3.8) is 0 Å². The summed E-state index contributed by atoms with van der Waals surface area (Å²) < 4.78 is 0. The summed E-state index contributed by atoms with van der Waals surface area (Å²) in [6.07, 6.45) is 2.25. The van der Waals surface area contributed by atoms with Crippen LogP contribution in [-0.2, 0) is 17.6 Å². The number of hydrogen-bond donors (Lipinski definition) is 1. The quantitative estimate of drug-likeness (QED) is 0.881. The normalized spacial score (nSPS) is 15.3. The number of aromatic hydroxyl groups is 1. The first kappa shape index (κ1) is 17.5. The minimum Gasteiger partial charge on any atom is -0.508 e. The Balaban J connectivity index is 1.38. The first-order chi connectivity index (χ1) is 12.2. The van der Waals surface area contributed by atoms with Crippen molar-refractivity contribution >= 4 is 5.91 Å². The minimum absolute atomic E-state index is 0.214. The van der Waals surface area contributed by atoms with Gasteiger partial charge in [-0.25, -0.2) is 0 Å². The molecule has 2 aromatic carbocycles. The fourth-order valence-corrected chi connectivity index (χ4v) is 3.27. The molecule has 1 N–H and O–H groups in total. The lowest BCUT2D eigenvalue weighted by atomic mass is 10.1. The van der Waals surface area contributed by atoms with Crippen molar-refractivity contribution in [3.05, 3.63) is 65.7 Å². The van der Waals surface area contributed by atoms with E-state index in [1.165, 1.54) is 5.56 Å². The topological polar surface area (TPSA) is 43.8 Å². The molecule has 2 aromatic rings. The molecule has 132 valence electrons. The van der Waals surface area contributed by atoms with Crippen LogP contribution in [0.4, 0.5) is 0 Å². The third-order valence-electron chi connectivity index (χ3n) is 4.82. The van der Waals surface area contributed by atoms with E-state index in [9.17, 15) is 9.90 Å². The Morgan fingerprint density at radius 2 is 1.60 bits per heavy atom. The third kappa shape index (κ3) is 5.33. The lowest BCUT2D eigenvalue weighted by molar-refractivity contribution is -0.132. The van der Waals surface area contributed by atoms with Crippen LogP contribution in [0.5, 0.6) is 5.75 Å². The summed E-state index contributed by atoms with van der Waals surface area (Å²) in [5.41, 5.74) is 2.38. The van der Waals surface area contributed by atoms with Gasteiger partial charge in [-0.2, -0.15) is 0 Å². The highest BCUT2D eigenvalue weighted by Crippen LogP contribution is 2.14. The molecule has 4 heteroatoms. The molecular weight excluding hydrogens is 312 g/mol. The summed E-state index contributed by atoms with van der Waals surface area (Å²) >= 11 is 0. The Morgan fingerprint density at radius 3 is 2.32 bits per heavy atom. The Morgan fingerprint density at radius 1 is 0.880 bits per heavy atom. The van der Waals surface area contributed by atoms with Crippen LogP contribution < -0.4 is 0 Å². The Bertz CT molecular complexity index is 679. The van der Waals surface area contributed by atoms with E-state index in [2.05, 4.69) is 29.2 Å². The van der Waals surface area contributed by atoms with E-state index in [4.69, 9.17) is 0 Å². The summed E-state index contributed by atoms with van der Waals surface area (Å²) in [7, 11) is 0. The Kier molecular flexibility index (Phi) is 6.07. The molecule has 0 aromatic heterocycles. The van der Waals surface area contributed by atoms with Crippen molar-refractivity contribution in [2.45, 2.75) is 19.3 Å². The molecule has 1 fully saturated rings. The van der Waals surface area contributed by atoms with Gasteiger partial charge in [-0.3, -0.25) is 9.69 Å². The summed E-state index contributed by atoms with van der Waals surface area (Å²) in [5, 5.41) is 9.49. The molecule has 25 heavy (non-hydrogen) atoms. The molecule has 0 aliphatic carbocycles. The average molecular weight is 338 g/mol. The maximum absolute atomic E-state index is 12.4. The zero-order valence-electron chi connectivity index (χ0n) is 14.6. The van der Waals surface area contributed by atoms with E-state index in [0.717, 1.165) is 44.7 Å². The van der Waals surface area contributed by atoms with E-state index in [1.807, 2.05) is 23.1 Å². The molecule has 1 saturated heterocycles. The number of amides is 1. The number of nitrogens with zero attached hydrogens (tertiary/aromatic N) is 2. The lowest BCUT2D eigenvalue weighted by Gasteiger charge is -2.34. The molecule has 0 atom stereocenters. The van der Waals surface area contributed by atoms with Gasteiger partial charge in [0.2, 0.25) is 5.91 Å². The number of phenolic OH excluding ortho intramolecular Hbond substituents is 1. The van der Waals surface area contributed by atoms with Crippen molar-refractivity contribution in [1.29, 1.82) is 0 Å². The monoisotopic (exact) mass is 338 g/mol. The highest BCUT2D eigenvalue weighted by Gasteiger charge is 2.20. The molecule has 1 aliphatic heterocycles. The average Bonchev–Trinajstić information content (AvgIpc) is 2.66. The van der Waals surface area contributed by atoms with Crippen LogP contribution in [0.25, 0.3) is 0 Å². The van der Waals surface area contributed by atoms with Gasteiger partial charge in [0, 0.05) is 39.1 Å². The van der Waals surface area contributed by atoms with Crippen LogP contribution in [0.2, 0.25) is 0 Å². The SMILES string of the molecule is O=C(CCc1cccc(O)c1)N1CCN(CCc2ccccc2)CC1. The fourth-order valence-electron chi connectivity index (χ4n) is 3.27. The summed E-state index contributed by atoms with van der Waals surface area (Å²) in [5.74, 6) is 0.475. The zero-order valence-corrected chi connectivity index (χ0v) is 14.6. The van der Waals surface area contributed by atoms with Crippen LogP contribution in [0.3, 0.4) is 0 Å². The van der Waals surface area contributed by atoms with Crippen LogP contribution in [-0.4, -0.2) is 53.5 Å². The summed E-state index contributed by atoms with van der Waals surface area (Å²) in [6.45, 7) is 4.58. The van der Waals surface area contributed by atoms with E-state index in [0.29, 0.717) is 12.8 Å². The number of hydrogen-bond acceptors (Lipinski definition) is 3. The lowest BCUT2D eigenvalue weighted by Crippen LogP contribution is -2.49. The van der Waals surface area contributed by atoms with E-state index in [1.54, 1.807) is 12.1 Å². The van der Waals surface area contributed by atoms with Gasteiger partial charge < -0.3 is 10.0 Å². The van der Waals surface area contributed by atoms with E-state index < -0.39 is 0 Å². The Labute approximate surface area is 149 Å². The summed E-state index contributed by atoms with van der Waals surface area (Å²) in [6, 6.07) is 17.7. The molecule has 0 radical (unpaired) electrons. The first-order valence-electron chi connectivity index (χ1n) is 9.03. The van der Waals surface area contributed by atoms with Crippen molar-refractivity contribution in [1.82, 2.24) is 9.80 Å². The predicted octanol–water partition coefficient (Wildman–Crippen LogP) is 2.71. The molecule has 0 saturated carbocycles. The highest BCUT2D eigenvalue weighted by atomic mass is 16.3. The van der Waals surface area contributed by atoms with Gasteiger partial charge >= 0.3 is 0 Å². The van der Waals surface area contributed by atoms with E-state index >= 15 is 0 Å². The maximum Gasteiger partial charge on any atom is 0.222 e.